The number of ether oxygens (including phenoxy) is 3. The highest BCUT2D eigenvalue weighted by molar-refractivity contribution is 7.85. The van der Waals surface area contributed by atoms with Crippen LogP contribution in [-0.2, 0) is 84.3 Å². The summed E-state index contributed by atoms with van der Waals surface area (Å²) in [5, 5.41) is 27.7. The summed E-state index contributed by atoms with van der Waals surface area (Å²) in [6.07, 6.45) is -6.97. The molecule has 12 atom stereocenters. The number of hydrogen-bond donors (Lipinski definition) is 9. The van der Waals surface area contributed by atoms with Crippen molar-refractivity contribution in [2.45, 2.75) is 151 Å². The molecule has 0 radical (unpaired) electrons. The van der Waals surface area contributed by atoms with Crippen LogP contribution in [0.15, 0.2) is 23.2 Å². The van der Waals surface area contributed by atoms with Crippen molar-refractivity contribution in [2.75, 3.05) is 38.5 Å². The highest BCUT2D eigenvalue weighted by Crippen LogP contribution is 2.41. The van der Waals surface area contributed by atoms with Gasteiger partial charge in [0.2, 0.25) is 41.2 Å². The smallest absolute Gasteiger partial charge is 0.465 e. The molecule has 7 aliphatic heterocycles. The van der Waals surface area contributed by atoms with Crippen LogP contribution in [0.2, 0.25) is 0 Å². The average molecular weight is 1200 g/mol. The zero-order chi connectivity index (χ0) is 60.7. The minimum Gasteiger partial charge on any atom is -0.465 e. The number of ketones is 3. The minimum absolute atomic E-state index is 0.0133. The van der Waals surface area contributed by atoms with Crippen LogP contribution in [0.5, 0.6) is 5.75 Å². The van der Waals surface area contributed by atoms with Gasteiger partial charge in [0.05, 0.1) is 59.4 Å². The van der Waals surface area contributed by atoms with Gasteiger partial charge in [-0.25, -0.2) is 14.5 Å². The fourth-order valence-electron chi connectivity index (χ4n) is 11.6. The first-order valence-corrected chi connectivity index (χ1v) is 29.4. The molecule has 1 aromatic heterocycles. The topological polar surface area (TPSA) is 417 Å². The summed E-state index contributed by atoms with van der Waals surface area (Å²) in [6.45, 7) is 2.65. The van der Waals surface area contributed by atoms with Gasteiger partial charge in [-0.2, -0.15) is 0 Å². The van der Waals surface area contributed by atoms with E-state index >= 15 is 23.4 Å². The van der Waals surface area contributed by atoms with Crippen molar-refractivity contribution in [1.29, 1.82) is 0 Å². The Bertz CT molecular complexity index is 3010. The predicted octanol–water partition coefficient (Wildman–Crippen LogP) is -1.39. The van der Waals surface area contributed by atoms with E-state index in [9.17, 15) is 48.3 Å². The van der Waals surface area contributed by atoms with Crippen molar-refractivity contribution in [3.05, 3.63) is 23.8 Å². The maximum Gasteiger partial charge on any atom is 0.508 e. The molecule has 0 aliphatic carbocycles. The van der Waals surface area contributed by atoms with Gasteiger partial charge in [0.15, 0.2) is 17.3 Å². The number of aromatic amines is 1. The number of primary amides is 1. The summed E-state index contributed by atoms with van der Waals surface area (Å²) in [4.78, 5) is 189. The van der Waals surface area contributed by atoms with Crippen LogP contribution in [0.4, 0.5) is 9.59 Å². The van der Waals surface area contributed by atoms with Gasteiger partial charge in [-0.1, -0.05) is 40.0 Å². The van der Waals surface area contributed by atoms with Crippen LogP contribution < -0.4 is 42.4 Å². The summed E-state index contributed by atoms with van der Waals surface area (Å²) in [6, 6.07) is -1.69. The number of carbonyl (C=O) groups excluding carboxylic acids is 13. The van der Waals surface area contributed by atoms with Crippen molar-refractivity contribution in [3.63, 3.8) is 0 Å². The number of unbranched alkanes of at least 4 members (excludes halogenated alkanes) is 3. The van der Waals surface area contributed by atoms with E-state index in [0.29, 0.717) is 29.7 Å². The zero-order valence-corrected chi connectivity index (χ0v) is 47.4. The van der Waals surface area contributed by atoms with E-state index < -0.39 is 204 Å². The molecule has 2 aromatic rings. The van der Waals surface area contributed by atoms with Crippen LogP contribution >= 0.6 is 0 Å². The lowest BCUT2D eigenvalue weighted by atomic mass is 9.82. The SMILES string of the molecule is CC[C@H](C)[C@@H]1NC(=O)CNC(=O)C2CC(=O)[C@H]([C@@H](C)C3COC(=O)O3)NC(=O)[C@@H]3CC(O)CN3C3(CCCCCCNC(=O)ON4C(=O)CCC4=O)Oc4ccc5c(c([nH]c5c4)S(=O)CC(NC(=O)CNC1=O)C(=O)C[C@@H](CC(N)=O)C3=O)C2. The van der Waals surface area contributed by atoms with Gasteiger partial charge in [-0.15, -0.1) is 5.06 Å². The van der Waals surface area contributed by atoms with Gasteiger partial charge in [0.25, 0.3) is 11.8 Å². The first-order chi connectivity index (χ1) is 40.0. The van der Waals surface area contributed by atoms with E-state index in [1.807, 2.05) is 0 Å². The van der Waals surface area contributed by atoms with E-state index in [1.54, 1.807) is 13.8 Å². The maximum atomic E-state index is 16.2. The molecule has 456 valence electrons. The fourth-order valence-corrected chi connectivity index (χ4v) is 13.0. The van der Waals surface area contributed by atoms with Crippen LogP contribution in [0.1, 0.15) is 103 Å². The van der Waals surface area contributed by atoms with Crippen LogP contribution in [0.25, 0.3) is 10.9 Å². The molecule has 8 heterocycles. The number of nitrogens with one attached hydrogen (secondary N) is 7. The van der Waals surface area contributed by atoms with Crippen LogP contribution in [0.3, 0.4) is 0 Å². The van der Waals surface area contributed by atoms with E-state index in [0.717, 1.165) is 0 Å². The summed E-state index contributed by atoms with van der Waals surface area (Å²) in [7, 11) is -2.34. The molecule has 3 fully saturated rings. The molecule has 29 nitrogen and oxygen atoms in total. The molecule has 7 aliphatic rings. The number of Topliss-reactive ketones (excluding diaryl/α,β-unsaturated/α-hetero) is 3. The van der Waals surface area contributed by atoms with Crippen LogP contribution in [0, 0.1) is 23.7 Å². The number of nitrogens with zero attached hydrogens (tertiary/aromatic N) is 2. The number of aliphatic hydroxyl groups is 1. The average Bonchev–Trinajstić information content (AvgIpc) is 1.88. The van der Waals surface area contributed by atoms with Gasteiger partial charge in [-0.3, -0.25) is 56.9 Å². The van der Waals surface area contributed by atoms with Crippen molar-refractivity contribution in [1.82, 2.24) is 46.8 Å². The highest BCUT2D eigenvalue weighted by atomic mass is 32.2. The Morgan fingerprint density at radius 1 is 0.869 bits per heavy atom. The number of nitrogens with two attached hydrogens (primary N) is 1. The number of imide groups is 1. The van der Waals surface area contributed by atoms with Gasteiger partial charge in [0.1, 0.15) is 29.5 Å². The third-order valence-corrected chi connectivity index (χ3v) is 17.7. The van der Waals surface area contributed by atoms with Gasteiger partial charge >= 0.3 is 12.2 Å². The zero-order valence-electron chi connectivity index (χ0n) is 46.6. The molecule has 84 heavy (non-hydrogen) atoms. The quantitative estimate of drug-likeness (QED) is 0.0597. The second kappa shape index (κ2) is 26.8. The lowest BCUT2D eigenvalue weighted by Crippen LogP contribution is -2.65. The molecule has 0 spiro atoms. The second-order valence-corrected chi connectivity index (χ2v) is 23.6. The molecule has 9 amide bonds. The summed E-state index contributed by atoms with van der Waals surface area (Å²) < 4.78 is 32.5. The van der Waals surface area contributed by atoms with Crippen molar-refractivity contribution >= 4 is 98.6 Å². The lowest BCUT2D eigenvalue weighted by molar-refractivity contribution is -0.171. The number of hydrogen-bond acceptors (Lipinski definition) is 20. The summed E-state index contributed by atoms with van der Waals surface area (Å²) in [5.41, 5.74) is 3.82. The number of H-pyrrole nitrogens is 1. The maximum absolute atomic E-state index is 16.2. The van der Waals surface area contributed by atoms with E-state index in [4.69, 9.17) is 24.8 Å². The standard InChI is InChI=1S/C54H70N10O19S/c1-4-26(2)45-50(76)58-21-41(69)59-35-25-84(79)51-33-15-29(48(74)57-22-42(70)61-45)17-38(67)46(27(3)39-24-80-53(78)81-39)62-49(75)36-19-30(65)23-63(36)54(47(73)28(16-37(35)66)18-40(55)68,82-31-9-10-32(33)34(20-31)60-51)13-7-5-6-8-14-56-52(77)83-64-43(71)11-12-44(64)72/h9-10,20,26-30,35-36,39,45-46,60,65H,4-8,11-19,21-25H2,1-3H3,(H2,55,68)(H,56,77)(H,57,74)(H,58,76)(H,59,69)(H,61,70)(H,62,75)/t26-,27-,28-,29?,30?,35?,36-,39?,45-,46-,54?,84?/m0/s1. The Morgan fingerprint density at radius 2 is 1.57 bits per heavy atom. The van der Waals surface area contributed by atoms with Crippen molar-refractivity contribution < 1.29 is 90.7 Å². The number of rotatable bonds is 14. The first kappa shape index (κ1) is 62.2. The third kappa shape index (κ3) is 14.2. The Hall–Kier alpha value is -7.86. The second-order valence-electron chi connectivity index (χ2n) is 22.2. The van der Waals surface area contributed by atoms with E-state index in [-0.39, 0.29) is 73.5 Å². The summed E-state index contributed by atoms with van der Waals surface area (Å²) >= 11 is 0. The van der Waals surface area contributed by atoms with Crippen molar-refractivity contribution in [2.24, 2.45) is 29.4 Å². The largest absolute Gasteiger partial charge is 0.508 e. The molecule has 1 aromatic carbocycles. The van der Waals surface area contributed by atoms with Gasteiger partial charge in [-0.05, 0) is 49.3 Å². The molecular formula is C54H70N10O19S. The minimum atomic E-state index is -2.41. The number of hydroxylamine groups is 2. The molecule has 3 saturated heterocycles. The van der Waals surface area contributed by atoms with Crippen molar-refractivity contribution in [3.8, 4) is 5.75 Å². The molecule has 0 saturated carbocycles. The van der Waals surface area contributed by atoms with Gasteiger partial charge < -0.3 is 66.8 Å². The molecule has 10 N–H and O–H groups in total. The monoisotopic (exact) mass is 1190 g/mol. The number of amides is 9. The highest BCUT2D eigenvalue weighted by Gasteiger charge is 2.57. The normalized spacial score (nSPS) is 29.3. The first-order valence-electron chi connectivity index (χ1n) is 28.1. The predicted molar refractivity (Wildman–Crippen MR) is 288 cm³/mol. The Labute approximate surface area is 483 Å². The number of cyclic esters (lactones) is 2. The van der Waals surface area contributed by atoms with E-state index in [1.165, 1.54) is 30.0 Å². The molecule has 6 unspecified atom stereocenters. The Balaban J connectivity index is 1.28. The number of fused-ring (bicyclic) bond motifs is 7. The third-order valence-electron chi connectivity index (χ3n) is 16.3. The molecule has 30 heteroatoms. The van der Waals surface area contributed by atoms with Crippen LogP contribution in [-0.4, -0.2) is 182 Å². The fraction of sp³-hybridized carbons (Fsp3) is 0.611. The summed E-state index contributed by atoms with van der Waals surface area (Å²) in [5.74, 6) is -15.0. The number of carbonyl (C=O) groups is 13. The Kier molecular flexibility index (Phi) is 19.8. The molecule has 8 bridgehead atoms. The number of benzene rings is 1. The molecule has 9 rings (SSSR count). The molecular weight excluding hydrogens is 1120 g/mol. The van der Waals surface area contributed by atoms with E-state index in [2.05, 4.69) is 36.9 Å². The number of aliphatic hydroxyl groups excluding tert-OH is 1. The Morgan fingerprint density at radius 3 is 2.26 bits per heavy atom. The number of aromatic nitrogens is 1. The van der Waals surface area contributed by atoms with Gasteiger partial charge in [0, 0.05) is 80.8 Å². The lowest BCUT2D eigenvalue weighted by Gasteiger charge is -2.45.